The van der Waals surface area contributed by atoms with E-state index >= 15 is 0 Å². The molecular formula is C24H25NO4. The van der Waals surface area contributed by atoms with Crippen molar-refractivity contribution in [3.8, 4) is 5.75 Å². The van der Waals surface area contributed by atoms with Gasteiger partial charge in [-0.05, 0) is 74.4 Å². The number of nitrogens with zero attached hydrogens (tertiary/aromatic N) is 1. The van der Waals surface area contributed by atoms with Crippen molar-refractivity contribution in [2.24, 2.45) is 17.8 Å². The summed E-state index contributed by atoms with van der Waals surface area (Å²) in [6, 6.07) is 12.2. The molecule has 29 heavy (non-hydrogen) atoms. The number of ether oxygens (including phenoxy) is 1. The fraction of sp³-hybridized carbons (Fsp3) is 0.375. The summed E-state index contributed by atoms with van der Waals surface area (Å²) in [5.41, 5.74) is 2.67. The normalized spacial score (nSPS) is 23.8. The molecule has 1 saturated heterocycles. The third-order valence-electron chi connectivity index (χ3n) is 6.15. The highest BCUT2D eigenvalue weighted by Crippen LogP contribution is 2.42. The van der Waals surface area contributed by atoms with E-state index in [1.54, 1.807) is 24.3 Å². The van der Waals surface area contributed by atoms with Crippen molar-refractivity contribution < 1.29 is 19.1 Å². The van der Waals surface area contributed by atoms with Gasteiger partial charge >= 0.3 is 5.97 Å². The van der Waals surface area contributed by atoms with Gasteiger partial charge in [0.05, 0.1) is 23.1 Å². The molecule has 0 unspecified atom stereocenters. The third kappa shape index (κ3) is 3.46. The second-order valence-corrected chi connectivity index (χ2v) is 8.30. The summed E-state index contributed by atoms with van der Waals surface area (Å²) >= 11 is 0. The topological polar surface area (TPSA) is 63.7 Å². The lowest BCUT2D eigenvalue weighted by molar-refractivity contribution is -0.122. The maximum absolute atomic E-state index is 12.8. The van der Waals surface area contributed by atoms with Gasteiger partial charge in [0.25, 0.3) is 0 Å². The Morgan fingerprint density at radius 1 is 0.931 bits per heavy atom. The zero-order chi connectivity index (χ0) is 20.7. The Morgan fingerprint density at radius 2 is 1.55 bits per heavy atom. The van der Waals surface area contributed by atoms with Crippen LogP contribution < -0.4 is 9.64 Å². The summed E-state index contributed by atoms with van der Waals surface area (Å²) in [5, 5.41) is 0. The summed E-state index contributed by atoms with van der Waals surface area (Å²) in [6.07, 6.45) is 2.52. The predicted octanol–water partition coefficient (Wildman–Crippen LogP) is 4.45. The summed E-state index contributed by atoms with van der Waals surface area (Å²) in [4.78, 5) is 39.5. The largest absolute Gasteiger partial charge is 0.422 e. The van der Waals surface area contributed by atoms with E-state index in [1.165, 1.54) is 4.90 Å². The average molecular weight is 391 g/mol. The maximum atomic E-state index is 12.8. The standard InChI is InChI=1S/C24H25NO4/c1-14-7-12-19-20(13-14)23(27)25(22(19)26)18-10-8-17(9-11-18)24(28)29-21-15(2)5-4-6-16(21)3/h4-6,8-11,14,19-20H,7,12-13H2,1-3H3/t14-,19+,20+/m0/s1. The summed E-state index contributed by atoms with van der Waals surface area (Å²) in [5.74, 6) is -0.0716. The van der Waals surface area contributed by atoms with Crippen LogP contribution in [0.3, 0.4) is 0 Å². The van der Waals surface area contributed by atoms with Crippen LogP contribution in [0.5, 0.6) is 5.75 Å². The number of carbonyl (C=O) groups is 3. The van der Waals surface area contributed by atoms with Crippen molar-refractivity contribution in [3.05, 3.63) is 59.2 Å². The lowest BCUT2D eigenvalue weighted by Crippen LogP contribution is -2.30. The molecule has 2 aliphatic rings. The van der Waals surface area contributed by atoms with Gasteiger partial charge in [-0.3, -0.25) is 14.5 Å². The van der Waals surface area contributed by atoms with E-state index in [-0.39, 0.29) is 23.7 Å². The third-order valence-corrected chi connectivity index (χ3v) is 6.15. The Morgan fingerprint density at radius 3 is 2.21 bits per heavy atom. The highest BCUT2D eigenvalue weighted by Gasteiger charge is 2.49. The van der Waals surface area contributed by atoms with Crippen molar-refractivity contribution >= 4 is 23.5 Å². The van der Waals surface area contributed by atoms with Gasteiger partial charge in [-0.15, -0.1) is 0 Å². The van der Waals surface area contributed by atoms with Crippen molar-refractivity contribution in [3.63, 3.8) is 0 Å². The quantitative estimate of drug-likeness (QED) is 0.441. The predicted molar refractivity (Wildman–Crippen MR) is 110 cm³/mol. The number of hydrogen-bond donors (Lipinski definition) is 0. The molecule has 5 heteroatoms. The molecule has 0 bridgehead atoms. The molecule has 0 N–H and O–H groups in total. The Balaban J connectivity index is 1.53. The first-order valence-electron chi connectivity index (χ1n) is 10.1. The van der Waals surface area contributed by atoms with Gasteiger partial charge in [-0.25, -0.2) is 4.79 Å². The number of amides is 2. The molecule has 0 aromatic heterocycles. The molecule has 0 radical (unpaired) electrons. The molecular weight excluding hydrogens is 366 g/mol. The van der Waals surface area contributed by atoms with E-state index in [1.807, 2.05) is 32.0 Å². The maximum Gasteiger partial charge on any atom is 0.343 e. The minimum absolute atomic E-state index is 0.113. The molecule has 4 rings (SSSR count). The van der Waals surface area contributed by atoms with Crippen LogP contribution in [-0.2, 0) is 9.59 Å². The van der Waals surface area contributed by atoms with E-state index in [0.717, 1.165) is 30.4 Å². The zero-order valence-electron chi connectivity index (χ0n) is 17.0. The van der Waals surface area contributed by atoms with Crippen LogP contribution in [0.15, 0.2) is 42.5 Å². The summed E-state index contributed by atoms with van der Waals surface area (Å²) in [7, 11) is 0. The SMILES string of the molecule is Cc1cccc(C)c1OC(=O)c1ccc(N2C(=O)[C@@H]3CC[C@H](C)C[C@H]3C2=O)cc1. The zero-order valence-corrected chi connectivity index (χ0v) is 17.0. The summed E-state index contributed by atoms with van der Waals surface area (Å²) < 4.78 is 5.57. The second kappa shape index (κ2) is 7.47. The molecule has 1 aliphatic heterocycles. The minimum Gasteiger partial charge on any atom is -0.422 e. The molecule has 2 fully saturated rings. The van der Waals surface area contributed by atoms with Crippen LogP contribution in [0.1, 0.15) is 47.7 Å². The fourth-order valence-electron chi connectivity index (χ4n) is 4.50. The number of para-hydroxylation sites is 1. The first-order valence-corrected chi connectivity index (χ1v) is 10.1. The van der Waals surface area contributed by atoms with Crippen LogP contribution in [-0.4, -0.2) is 17.8 Å². The number of imide groups is 1. The summed E-state index contributed by atoms with van der Waals surface area (Å²) in [6.45, 7) is 5.92. The average Bonchev–Trinajstić information content (AvgIpc) is 2.94. The van der Waals surface area contributed by atoms with Gasteiger partial charge in [0.2, 0.25) is 11.8 Å². The van der Waals surface area contributed by atoms with E-state index < -0.39 is 5.97 Å². The van der Waals surface area contributed by atoms with Gasteiger partial charge in [-0.2, -0.15) is 0 Å². The van der Waals surface area contributed by atoms with E-state index in [4.69, 9.17) is 4.74 Å². The van der Waals surface area contributed by atoms with Gasteiger partial charge in [0.15, 0.2) is 0 Å². The smallest absolute Gasteiger partial charge is 0.343 e. The molecule has 1 saturated carbocycles. The van der Waals surface area contributed by atoms with Crippen LogP contribution in [0, 0.1) is 31.6 Å². The molecule has 1 aliphatic carbocycles. The van der Waals surface area contributed by atoms with Gasteiger partial charge < -0.3 is 4.74 Å². The van der Waals surface area contributed by atoms with Gasteiger partial charge in [0.1, 0.15) is 5.75 Å². The van der Waals surface area contributed by atoms with E-state index in [2.05, 4.69) is 6.92 Å². The Kier molecular flexibility index (Phi) is 4.99. The molecule has 150 valence electrons. The van der Waals surface area contributed by atoms with Crippen molar-refractivity contribution in [1.29, 1.82) is 0 Å². The fourth-order valence-corrected chi connectivity index (χ4v) is 4.50. The van der Waals surface area contributed by atoms with E-state index in [0.29, 0.717) is 22.9 Å². The second-order valence-electron chi connectivity index (χ2n) is 8.30. The first-order chi connectivity index (χ1) is 13.9. The van der Waals surface area contributed by atoms with Crippen LogP contribution in [0.25, 0.3) is 0 Å². The first kappa shape index (κ1) is 19.4. The number of anilines is 1. The minimum atomic E-state index is -0.462. The van der Waals surface area contributed by atoms with E-state index in [9.17, 15) is 14.4 Å². The molecule has 1 heterocycles. The lowest BCUT2D eigenvalue weighted by Gasteiger charge is -2.25. The molecule has 0 spiro atoms. The molecule has 3 atom stereocenters. The van der Waals surface area contributed by atoms with Crippen molar-refractivity contribution in [1.82, 2.24) is 0 Å². The van der Waals surface area contributed by atoms with Crippen LogP contribution in [0.2, 0.25) is 0 Å². The highest BCUT2D eigenvalue weighted by molar-refractivity contribution is 6.22. The van der Waals surface area contributed by atoms with Crippen molar-refractivity contribution in [2.75, 3.05) is 4.90 Å². The Bertz CT molecular complexity index is 959. The Labute approximate surface area is 170 Å². The van der Waals surface area contributed by atoms with Gasteiger partial charge in [0, 0.05) is 0 Å². The highest BCUT2D eigenvalue weighted by atomic mass is 16.5. The molecule has 2 aromatic rings. The number of aryl methyl sites for hydroxylation is 2. The van der Waals surface area contributed by atoms with Crippen LogP contribution >= 0.6 is 0 Å². The number of hydrogen-bond acceptors (Lipinski definition) is 4. The number of fused-ring (bicyclic) bond motifs is 1. The number of carbonyl (C=O) groups excluding carboxylic acids is 3. The van der Waals surface area contributed by atoms with Crippen molar-refractivity contribution in [2.45, 2.75) is 40.0 Å². The van der Waals surface area contributed by atoms with Gasteiger partial charge in [-0.1, -0.05) is 25.1 Å². The number of benzene rings is 2. The number of esters is 1. The molecule has 2 amide bonds. The molecule has 2 aromatic carbocycles. The van der Waals surface area contributed by atoms with Crippen LogP contribution in [0.4, 0.5) is 5.69 Å². The number of rotatable bonds is 3. The monoisotopic (exact) mass is 391 g/mol. The lowest BCUT2D eigenvalue weighted by atomic mass is 9.76. The Hall–Kier alpha value is -2.95. The molecule has 5 nitrogen and oxygen atoms in total.